The first-order chi connectivity index (χ1) is 20.6. The summed E-state index contributed by atoms with van der Waals surface area (Å²) in [5.41, 5.74) is 8.29. The van der Waals surface area contributed by atoms with Crippen molar-refractivity contribution in [3.63, 3.8) is 0 Å². The van der Waals surface area contributed by atoms with Gasteiger partial charge in [0.25, 0.3) is 0 Å². The second kappa shape index (κ2) is 19.7. The van der Waals surface area contributed by atoms with Gasteiger partial charge in [0.2, 0.25) is 0 Å². The Kier molecular flexibility index (Phi) is 17.9. The first-order valence-electron chi connectivity index (χ1n) is 15.9. The average Bonchev–Trinajstić information content (AvgIpc) is 3.56. The summed E-state index contributed by atoms with van der Waals surface area (Å²) in [4.78, 5) is 8.93. The van der Waals surface area contributed by atoms with Gasteiger partial charge in [-0.3, -0.25) is 4.99 Å². The fourth-order valence-corrected chi connectivity index (χ4v) is 13.1. The smallest absolute Gasteiger partial charge is 0.683 e. The Bertz CT molecular complexity index is 1340. The van der Waals surface area contributed by atoms with Gasteiger partial charge in [0, 0.05) is 24.1 Å². The summed E-state index contributed by atoms with van der Waals surface area (Å²) in [7, 11) is -2.21. The van der Waals surface area contributed by atoms with Crippen molar-refractivity contribution in [2.45, 2.75) is 99.2 Å². The molecule has 2 aromatic carbocycles. The molecule has 5 nitrogen and oxygen atoms in total. The van der Waals surface area contributed by atoms with E-state index in [1.54, 1.807) is 6.20 Å². The van der Waals surface area contributed by atoms with Crippen LogP contribution < -0.4 is 4.98 Å². The molecular formula is C37H56LaN5Si2. The molecule has 0 atom stereocenters. The van der Waals surface area contributed by atoms with Crippen LogP contribution in [0.15, 0.2) is 84.0 Å². The van der Waals surface area contributed by atoms with Crippen LogP contribution in [0, 0.1) is 49.4 Å². The largest absolute Gasteiger partial charge is 3.00 e. The second-order valence-corrected chi connectivity index (χ2v) is 23.4. The standard InChI is InChI=1S/C17H21N2.C14H17N2.C6H18NSi2.La/c1-12(2)15-8-5-9-16(13(3)4)17(15)19-11-14-7-6-10-18-14;1-12-8-9-13(2)16(12)11-10-15-14-6-4-3-5-7-14;1-8(2,3)7-9(4,5)6;/h5-13H,1-4H3;3-9H,10-11H2,1-2H3;1-6H3;/q3*-1;+3. The van der Waals surface area contributed by atoms with E-state index in [-0.39, 0.29) is 35.6 Å². The van der Waals surface area contributed by atoms with E-state index in [1.807, 2.05) is 48.7 Å². The molecule has 240 valence electrons. The zero-order valence-corrected chi connectivity index (χ0v) is 35.6. The quantitative estimate of drug-likeness (QED) is 0.117. The van der Waals surface area contributed by atoms with Gasteiger partial charge in [-0.1, -0.05) is 144 Å². The molecule has 0 saturated heterocycles. The molecule has 0 aliphatic carbocycles. The van der Waals surface area contributed by atoms with Crippen molar-refractivity contribution >= 4 is 34.1 Å². The molecule has 0 amide bonds. The van der Waals surface area contributed by atoms with Crippen LogP contribution in [0.3, 0.4) is 0 Å². The van der Waals surface area contributed by atoms with Gasteiger partial charge in [0.1, 0.15) is 0 Å². The van der Waals surface area contributed by atoms with Crippen molar-refractivity contribution in [2.75, 3.05) is 6.54 Å². The van der Waals surface area contributed by atoms with Crippen LogP contribution in [-0.4, -0.2) is 33.8 Å². The predicted molar refractivity (Wildman–Crippen MR) is 200 cm³/mol. The van der Waals surface area contributed by atoms with Gasteiger partial charge in [-0.2, -0.15) is 6.20 Å². The molecular weight excluding hydrogens is 710 g/mol. The zero-order valence-electron chi connectivity index (χ0n) is 30.0. The van der Waals surface area contributed by atoms with Crippen LogP contribution >= 0.6 is 0 Å². The topological polar surface area (TPSA) is 59.6 Å². The van der Waals surface area contributed by atoms with E-state index >= 15 is 0 Å². The van der Waals surface area contributed by atoms with Gasteiger partial charge in [-0.05, 0) is 48.9 Å². The third-order valence-corrected chi connectivity index (χ3v) is 12.1. The van der Waals surface area contributed by atoms with Crippen molar-refractivity contribution in [3.8, 4) is 0 Å². The number of aryl methyl sites for hydroxylation is 2. The minimum absolute atomic E-state index is 0. The Morgan fingerprint density at radius 3 is 1.69 bits per heavy atom. The number of para-hydroxylation sites is 2. The van der Waals surface area contributed by atoms with E-state index in [1.165, 1.54) is 22.5 Å². The van der Waals surface area contributed by atoms with Crippen LogP contribution in [0.5, 0.6) is 0 Å². The van der Waals surface area contributed by atoms with Gasteiger partial charge in [-0.15, -0.1) is 17.9 Å². The molecule has 0 unspecified atom stereocenters. The Morgan fingerprint density at radius 2 is 1.27 bits per heavy atom. The molecule has 45 heavy (non-hydrogen) atoms. The van der Waals surface area contributed by atoms with E-state index in [4.69, 9.17) is 9.64 Å². The summed E-state index contributed by atoms with van der Waals surface area (Å²) in [6, 6.07) is 24.8. The van der Waals surface area contributed by atoms with Crippen LogP contribution in [0.1, 0.15) is 67.7 Å². The minimum Gasteiger partial charge on any atom is -0.683 e. The third-order valence-electron chi connectivity index (χ3n) is 6.71. The number of benzene rings is 2. The number of hydrogen-bond donors (Lipinski definition) is 0. The van der Waals surface area contributed by atoms with Gasteiger partial charge in [-0.25, -0.2) is 0 Å². The second-order valence-electron chi connectivity index (χ2n) is 13.9. The first-order valence-corrected chi connectivity index (χ1v) is 22.8. The zero-order chi connectivity index (χ0) is 32.9. The Morgan fingerprint density at radius 1 is 0.733 bits per heavy atom. The van der Waals surface area contributed by atoms with E-state index in [2.05, 4.69) is 126 Å². The van der Waals surface area contributed by atoms with Gasteiger partial charge in [0.15, 0.2) is 0 Å². The van der Waals surface area contributed by atoms with E-state index in [0.29, 0.717) is 11.8 Å². The van der Waals surface area contributed by atoms with Crippen LogP contribution in [0.25, 0.3) is 9.96 Å². The summed E-state index contributed by atoms with van der Waals surface area (Å²) in [6.45, 7) is 28.7. The minimum atomic E-state index is -1.11. The van der Waals surface area contributed by atoms with E-state index < -0.39 is 16.5 Å². The summed E-state index contributed by atoms with van der Waals surface area (Å²) < 4.78 is 7.12. The fourth-order valence-electron chi connectivity index (χ4n) is 5.05. The maximum atomic E-state index is 4.82. The van der Waals surface area contributed by atoms with Gasteiger partial charge >= 0.3 is 35.6 Å². The molecule has 0 bridgehead atoms. The number of aliphatic imine (C=N–C) groups is 1. The van der Waals surface area contributed by atoms with E-state index in [9.17, 15) is 0 Å². The number of rotatable bonds is 10. The molecule has 0 N–H and O–H groups in total. The molecule has 0 aliphatic rings. The summed E-state index contributed by atoms with van der Waals surface area (Å²) >= 11 is 0. The molecule has 0 fully saturated rings. The molecule has 0 aliphatic heterocycles. The monoisotopic (exact) mass is 765 g/mol. The molecule has 2 aromatic heterocycles. The number of hydrogen-bond acceptors (Lipinski definition) is 1. The average molecular weight is 766 g/mol. The van der Waals surface area contributed by atoms with Crippen LogP contribution in [-0.2, 0) is 6.54 Å². The van der Waals surface area contributed by atoms with Crippen LogP contribution in [0.4, 0.5) is 11.4 Å². The third kappa shape index (κ3) is 15.9. The maximum absolute atomic E-state index is 4.82. The molecule has 4 aromatic rings. The van der Waals surface area contributed by atoms with Crippen LogP contribution in [0.2, 0.25) is 39.3 Å². The fraction of sp³-hybridized carbons (Fsp3) is 0.432. The molecule has 0 radical (unpaired) electrons. The van der Waals surface area contributed by atoms with E-state index in [0.717, 1.165) is 30.2 Å². The van der Waals surface area contributed by atoms with Crippen molar-refractivity contribution in [2.24, 2.45) is 4.99 Å². The number of nitrogens with zero attached hydrogens (tertiary/aromatic N) is 5. The van der Waals surface area contributed by atoms with Crippen molar-refractivity contribution in [1.82, 2.24) is 9.55 Å². The number of aromatic nitrogens is 2. The molecule has 2 heterocycles. The van der Waals surface area contributed by atoms with Gasteiger partial charge in [0.05, 0.1) is 5.69 Å². The first kappa shape index (κ1) is 41.1. The summed E-state index contributed by atoms with van der Waals surface area (Å²) in [5.74, 6) is 0.942. The predicted octanol–water partition coefficient (Wildman–Crippen LogP) is 11.5. The normalized spacial score (nSPS) is 11.5. The molecule has 8 heteroatoms. The molecule has 4 rings (SSSR count). The summed E-state index contributed by atoms with van der Waals surface area (Å²) in [6.07, 6.45) is 3.64. The molecule has 0 spiro atoms. The Balaban J connectivity index is 0.000000355. The molecule has 0 saturated carbocycles. The van der Waals surface area contributed by atoms with Crippen molar-refractivity contribution in [1.29, 1.82) is 0 Å². The summed E-state index contributed by atoms with van der Waals surface area (Å²) in [5, 5.41) is 4.54. The Hall–Kier alpha value is -1.94. The maximum Gasteiger partial charge on any atom is 3.00 e. The Labute approximate surface area is 304 Å². The van der Waals surface area contributed by atoms with Crippen molar-refractivity contribution in [3.05, 3.63) is 117 Å². The van der Waals surface area contributed by atoms with Gasteiger partial charge < -0.3 is 19.5 Å². The SMILES string of the molecule is CC(C)c1cccc(C(C)C)c1N=Cc1ccc[n-]1.C[Si](C)(C)[N-][Si](C)(C)C.Cc1ccc(C)n1CC[N-]c1ccccc1.[La+3]. The van der Waals surface area contributed by atoms with Crippen molar-refractivity contribution < 1.29 is 35.6 Å².